The number of benzene rings is 3. The number of hydrazone groups is 1. The molecule has 0 amide bonds. The lowest BCUT2D eigenvalue weighted by Crippen LogP contribution is -1.95. The lowest BCUT2D eigenvalue weighted by molar-refractivity contribution is -0.387. The Bertz CT molecular complexity index is 979. The maximum Gasteiger partial charge on any atom is 0.283 e. The Morgan fingerprint density at radius 3 is 2.44 bits per heavy atom. The summed E-state index contributed by atoms with van der Waals surface area (Å²) in [6, 6.07) is 19.7. The maximum atomic E-state index is 11.5. The molecule has 0 heterocycles. The molecule has 3 aromatic carbocycles. The minimum absolute atomic E-state index is 0.0301. The molecule has 0 aliphatic carbocycles. The van der Waals surface area contributed by atoms with Gasteiger partial charge in [-0.05, 0) is 54.6 Å². The topological polar surface area (TPSA) is 67.5 Å². The molecular weight excluding hydrogens is 450 g/mol. The molecule has 5 nitrogen and oxygen atoms in total. The van der Waals surface area contributed by atoms with Crippen LogP contribution in [0.5, 0.6) is 0 Å². The zero-order chi connectivity index (χ0) is 19.2. The van der Waals surface area contributed by atoms with Crippen molar-refractivity contribution in [2.45, 2.75) is 9.79 Å². The van der Waals surface area contributed by atoms with Gasteiger partial charge in [-0.1, -0.05) is 45.4 Å². The third-order valence-electron chi connectivity index (χ3n) is 3.47. The van der Waals surface area contributed by atoms with Gasteiger partial charge in [-0.2, -0.15) is 5.10 Å². The van der Waals surface area contributed by atoms with E-state index in [9.17, 15) is 10.1 Å². The molecule has 0 fully saturated rings. The highest BCUT2D eigenvalue weighted by Crippen LogP contribution is 2.35. The van der Waals surface area contributed by atoms with E-state index in [1.54, 1.807) is 30.5 Å². The maximum absolute atomic E-state index is 11.5. The van der Waals surface area contributed by atoms with Crippen molar-refractivity contribution in [1.82, 2.24) is 0 Å². The van der Waals surface area contributed by atoms with Crippen molar-refractivity contribution in [1.29, 1.82) is 0 Å². The van der Waals surface area contributed by atoms with Crippen LogP contribution in [0.15, 0.2) is 86.1 Å². The summed E-state index contributed by atoms with van der Waals surface area (Å²) in [5.41, 5.74) is 4.37. The molecule has 0 radical (unpaired) electrons. The van der Waals surface area contributed by atoms with Gasteiger partial charge in [0.25, 0.3) is 5.69 Å². The first-order chi connectivity index (χ1) is 13.0. The second kappa shape index (κ2) is 9.03. The van der Waals surface area contributed by atoms with Gasteiger partial charge in [0.2, 0.25) is 0 Å². The number of nitro benzene ring substituents is 1. The second-order valence-electron chi connectivity index (χ2n) is 5.42. The first-order valence-electron chi connectivity index (χ1n) is 7.78. The Balaban J connectivity index is 1.76. The number of nitrogens with one attached hydrogen (secondary N) is 1. The van der Waals surface area contributed by atoms with E-state index in [2.05, 4.69) is 26.5 Å². The molecule has 0 aliphatic heterocycles. The Morgan fingerprint density at radius 2 is 1.78 bits per heavy atom. The van der Waals surface area contributed by atoms with Gasteiger partial charge in [0.15, 0.2) is 0 Å². The Hall–Kier alpha value is -2.35. The third-order valence-corrected chi connectivity index (χ3v) is 5.33. The number of hydrogen-bond donors (Lipinski definition) is 1. The number of anilines is 1. The summed E-state index contributed by atoms with van der Waals surface area (Å²) in [6.45, 7) is 0. The average molecular weight is 463 g/mol. The summed E-state index contributed by atoms with van der Waals surface area (Å²) < 4.78 is 0.974. The summed E-state index contributed by atoms with van der Waals surface area (Å²) in [4.78, 5) is 12.5. The SMILES string of the molecule is O=[N+]([O-])c1cc(/C=N/Nc2ccc(Br)cc2)ccc1Sc1ccc(Cl)cc1. The number of halogens is 2. The third kappa shape index (κ3) is 5.56. The molecule has 3 aromatic rings. The van der Waals surface area contributed by atoms with Crippen molar-refractivity contribution in [3.8, 4) is 0 Å². The minimum atomic E-state index is -0.391. The normalized spacial score (nSPS) is 10.9. The molecule has 0 spiro atoms. The summed E-state index contributed by atoms with van der Waals surface area (Å²) >= 11 is 10.6. The molecule has 0 atom stereocenters. The molecule has 0 unspecified atom stereocenters. The molecule has 8 heteroatoms. The number of hydrogen-bond acceptors (Lipinski definition) is 5. The zero-order valence-electron chi connectivity index (χ0n) is 13.8. The van der Waals surface area contributed by atoms with Crippen LogP contribution in [0.2, 0.25) is 5.02 Å². The van der Waals surface area contributed by atoms with E-state index in [-0.39, 0.29) is 5.69 Å². The van der Waals surface area contributed by atoms with E-state index in [1.165, 1.54) is 17.8 Å². The molecule has 1 N–H and O–H groups in total. The fourth-order valence-electron chi connectivity index (χ4n) is 2.18. The van der Waals surface area contributed by atoms with Gasteiger partial charge < -0.3 is 0 Å². The summed E-state index contributed by atoms with van der Waals surface area (Å²) in [5.74, 6) is 0. The van der Waals surface area contributed by atoms with Crippen molar-refractivity contribution in [3.05, 3.63) is 91.9 Å². The van der Waals surface area contributed by atoms with Crippen LogP contribution in [0, 0.1) is 10.1 Å². The number of nitrogens with zero attached hydrogens (tertiary/aromatic N) is 2. The van der Waals surface area contributed by atoms with E-state index in [0.29, 0.717) is 15.5 Å². The first-order valence-corrected chi connectivity index (χ1v) is 9.76. The van der Waals surface area contributed by atoms with Crippen molar-refractivity contribution in [2.24, 2.45) is 5.10 Å². The minimum Gasteiger partial charge on any atom is -0.279 e. The van der Waals surface area contributed by atoms with Gasteiger partial charge >= 0.3 is 0 Å². The predicted octanol–water partition coefficient (Wildman–Crippen LogP) is 6.61. The second-order valence-corrected chi connectivity index (χ2v) is 7.88. The molecule has 0 bridgehead atoms. The van der Waals surface area contributed by atoms with E-state index in [4.69, 9.17) is 11.6 Å². The molecule has 27 heavy (non-hydrogen) atoms. The average Bonchev–Trinajstić information content (AvgIpc) is 2.66. The van der Waals surface area contributed by atoms with E-state index in [1.807, 2.05) is 36.4 Å². The fraction of sp³-hybridized carbons (Fsp3) is 0. The fourth-order valence-corrected chi connectivity index (χ4v) is 3.47. The lowest BCUT2D eigenvalue weighted by Gasteiger charge is -2.05. The predicted molar refractivity (Wildman–Crippen MR) is 114 cm³/mol. The first kappa shape index (κ1) is 19.4. The van der Waals surface area contributed by atoms with Crippen LogP contribution in [0.4, 0.5) is 11.4 Å². The van der Waals surface area contributed by atoms with Gasteiger partial charge in [-0.25, -0.2) is 0 Å². The quantitative estimate of drug-likeness (QED) is 0.254. The standard InChI is InChI=1S/C19H13BrClN3O2S/c20-14-2-6-16(7-3-14)23-22-12-13-1-10-19(18(11-13)24(25)26)27-17-8-4-15(21)5-9-17/h1-12,23H/b22-12+. The van der Waals surface area contributed by atoms with Crippen LogP contribution in [0.1, 0.15) is 5.56 Å². The number of nitro groups is 1. The summed E-state index contributed by atoms with van der Waals surface area (Å²) in [7, 11) is 0. The van der Waals surface area contributed by atoms with Crippen molar-refractivity contribution >= 4 is 56.9 Å². The Morgan fingerprint density at radius 1 is 1.07 bits per heavy atom. The van der Waals surface area contributed by atoms with Crippen LogP contribution in [-0.4, -0.2) is 11.1 Å². The van der Waals surface area contributed by atoms with Crippen molar-refractivity contribution in [2.75, 3.05) is 5.43 Å². The highest BCUT2D eigenvalue weighted by Gasteiger charge is 2.15. The molecule has 136 valence electrons. The zero-order valence-corrected chi connectivity index (χ0v) is 17.0. The monoisotopic (exact) mass is 461 g/mol. The van der Waals surface area contributed by atoms with Gasteiger partial charge in [0, 0.05) is 26.0 Å². The Kier molecular flexibility index (Phi) is 6.49. The number of rotatable bonds is 6. The molecular formula is C19H13BrClN3O2S. The lowest BCUT2D eigenvalue weighted by atomic mass is 10.2. The molecule has 0 aliphatic rings. The van der Waals surface area contributed by atoms with E-state index < -0.39 is 4.92 Å². The molecule has 0 saturated heterocycles. The smallest absolute Gasteiger partial charge is 0.279 e. The Labute approximate surface area is 173 Å². The summed E-state index contributed by atoms with van der Waals surface area (Å²) in [5, 5.41) is 16.2. The largest absolute Gasteiger partial charge is 0.283 e. The van der Waals surface area contributed by atoms with Crippen LogP contribution in [0.3, 0.4) is 0 Å². The van der Waals surface area contributed by atoms with Crippen LogP contribution >= 0.6 is 39.3 Å². The van der Waals surface area contributed by atoms with Crippen molar-refractivity contribution < 1.29 is 4.92 Å². The molecule has 3 rings (SSSR count). The van der Waals surface area contributed by atoms with Crippen LogP contribution < -0.4 is 5.43 Å². The van der Waals surface area contributed by atoms with Gasteiger partial charge in [-0.3, -0.25) is 15.5 Å². The molecule has 0 aromatic heterocycles. The van der Waals surface area contributed by atoms with Gasteiger partial charge in [0.05, 0.1) is 21.7 Å². The van der Waals surface area contributed by atoms with Crippen LogP contribution in [0.25, 0.3) is 0 Å². The summed E-state index contributed by atoms with van der Waals surface area (Å²) in [6.07, 6.45) is 1.55. The van der Waals surface area contributed by atoms with Crippen LogP contribution in [-0.2, 0) is 0 Å². The van der Waals surface area contributed by atoms with E-state index >= 15 is 0 Å². The highest BCUT2D eigenvalue weighted by molar-refractivity contribution is 9.10. The van der Waals surface area contributed by atoms with E-state index in [0.717, 1.165) is 15.1 Å². The van der Waals surface area contributed by atoms with Gasteiger partial charge in [-0.15, -0.1) is 0 Å². The molecule has 0 saturated carbocycles. The highest BCUT2D eigenvalue weighted by atomic mass is 79.9. The van der Waals surface area contributed by atoms with Gasteiger partial charge in [0.1, 0.15) is 0 Å². The van der Waals surface area contributed by atoms with Crippen molar-refractivity contribution in [3.63, 3.8) is 0 Å².